The molecule has 2 aromatic heterocycles. The maximum Gasteiger partial charge on any atom is 0.263 e. The highest BCUT2D eigenvalue weighted by atomic mass is 32.1. The van der Waals surface area contributed by atoms with Crippen LogP contribution in [0.1, 0.15) is 19.9 Å². The quantitative estimate of drug-likeness (QED) is 0.491. The molecule has 152 valence electrons. The van der Waals surface area contributed by atoms with Gasteiger partial charge in [-0.15, -0.1) is 11.3 Å². The second-order valence-electron chi connectivity index (χ2n) is 6.75. The van der Waals surface area contributed by atoms with Crippen LogP contribution in [0.4, 0.5) is 5.69 Å². The minimum atomic E-state index is -0.743. The Morgan fingerprint density at radius 2 is 1.90 bits per heavy atom. The molecule has 2 aromatic carbocycles. The Labute approximate surface area is 177 Å². The van der Waals surface area contributed by atoms with E-state index in [2.05, 4.69) is 10.3 Å². The van der Waals surface area contributed by atoms with Gasteiger partial charge in [0.15, 0.2) is 0 Å². The average Bonchev–Trinajstić information content (AvgIpc) is 3.21. The van der Waals surface area contributed by atoms with E-state index in [4.69, 9.17) is 4.74 Å². The predicted octanol–water partition coefficient (Wildman–Crippen LogP) is 4.72. The molecular formula is C23H21N3O3S. The summed E-state index contributed by atoms with van der Waals surface area (Å²) in [6.45, 7) is 4.05. The van der Waals surface area contributed by atoms with Crippen molar-refractivity contribution in [1.82, 2.24) is 9.55 Å². The largest absolute Gasteiger partial charge is 0.492 e. The monoisotopic (exact) mass is 419 g/mol. The van der Waals surface area contributed by atoms with Crippen molar-refractivity contribution in [2.24, 2.45) is 0 Å². The molecule has 0 saturated carbocycles. The number of hydrogen-bond donors (Lipinski definition) is 1. The van der Waals surface area contributed by atoms with Crippen LogP contribution in [0, 0.1) is 0 Å². The zero-order valence-corrected chi connectivity index (χ0v) is 17.5. The zero-order chi connectivity index (χ0) is 21.1. The summed E-state index contributed by atoms with van der Waals surface area (Å²) < 4.78 is 6.94. The van der Waals surface area contributed by atoms with Gasteiger partial charge in [0.2, 0.25) is 5.91 Å². The molecule has 0 radical (unpaired) electrons. The topological polar surface area (TPSA) is 73.2 Å². The van der Waals surface area contributed by atoms with Crippen molar-refractivity contribution < 1.29 is 9.53 Å². The maximum atomic E-state index is 13.3. The molecule has 1 amide bonds. The number of amides is 1. The molecule has 0 aliphatic rings. The van der Waals surface area contributed by atoms with Gasteiger partial charge in [0.25, 0.3) is 5.56 Å². The predicted molar refractivity (Wildman–Crippen MR) is 120 cm³/mol. The third-order valence-corrected chi connectivity index (χ3v) is 5.73. The number of para-hydroxylation sites is 2. The minimum Gasteiger partial charge on any atom is -0.492 e. The summed E-state index contributed by atoms with van der Waals surface area (Å²) in [7, 11) is 0. The van der Waals surface area contributed by atoms with Gasteiger partial charge in [-0.3, -0.25) is 14.2 Å². The van der Waals surface area contributed by atoms with Crippen LogP contribution in [0.5, 0.6) is 5.75 Å². The molecule has 0 fully saturated rings. The van der Waals surface area contributed by atoms with Gasteiger partial charge in [0.1, 0.15) is 16.6 Å². The molecule has 0 aliphatic heterocycles. The van der Waals surface area contributed by atoms with E-state index in [1.807, 2.05) is 54.8 Å². The molecule has 7 heteroatoms. The van der Waals surface area contributed by atoms with Crippen molar-refractivity contribution in [2.45, 2.75) is 19.9 Å². The molecule has 4 rings (SSSR count). The van der Waals surface area contributed by atoms with Crippen molar-refractivity contribution in [1.29, 1.82) is 0 Å². The molecular weight excluding hydrogens is 398 g/mol. The Bertz CT molecular complexity index is 1250. The van der Waals surface area contributed by atoms with Gasteiger partial charge in [-0.2, -0.15) is 0 Å². The summed E-state index contributed by atoms with van der Waals surface area (Å²) >= 11 is 1.42. The van der Waals surface area contributed by atoms with Crippen LogP contribution in [0.2, 0.25) is 0 Å². The molecule has 0 saturated heterocycles. The summed E-state index contributed by atoms with van der Waals surface area (Å²) in [6, 6.07) is 16.2. The van der Waals surface area contributed by atoms with Gasteiger partial charge >= 0.3 is 0 Å². The van der Waals surface area contributed by atoms with Crippen LogP contribution in [0.25, 0.3) is 21.3 Å². The van der Waals surface area contributed by atoms with Crippen LogP contribution in [-0.2, 0) is 4.79 Å². The lowest BCUT2D eigenvalue weighted by molar-refractivity contribution is -0.118. The fourth-order valence-corrected chi connectivity index (χ4v) is 4.17. The van der Waals surface area contributed by atoms with Crippen LogP contribution in [-0.4, -0.2) is 22.1 Å². The third-order valence-electron chi connectivity index (χ3n) is 4.85. The van der Waals surface area contributed by atoms with E-state index in [1.165, 1.54) is 22.2 Å². The Morgan fingerprint density at radius 1 is 1.17 bits per heavy atom. The smallest absolute Gasteiger partial charge is 0.263 e. The van der Waals surface area contributed by atoms with Crippen molar-refractivity contribution in [3.63, 3.8) is 0 Å². The summed E-state index contributed by atoms with van der Waals surface area (Å²) in [4.78, 5) is 31.3. The van der Waals surface area contributed by atoms with Crippen molar-refractivity contribution in [2.75, 3.05) is 11.9 Å². The number of hydrogen-bond acceptors (Lipinski definition) is 5. The molecule has 30 heavy (non-hydrogen) atoms. The van der Waals surface area contributed by atoms with E-state index in [0.29, 0.717) is 28.3 Å². The number of carbonyl (C=O) groups is 1. The highest BCUT2D eigenvalue weighted by Crippen LogP contribution is 2.31. The molecule has 0 spiro atoms. The highest BCUT2D eigenvalue weighted by molar-refractivity contribution is 7.17. The fraction of sp³-hybridized carbons (Fsp3) is 0.174. The standard InChI is InChI=1S/C23H21N3O3S/c1-3-29-19-12-8-7-11-18(19)25-21(27)15(2)26-14-24-22-20(23(26)28)17(13-30-22)16-9-5-4-6-10-16/h4-15H,3H2,1-2H3,(H,25,27). The second kappa shape index (κ2) is 8.51. The van der Waals surface area contributed by atoms with E-state index in [1.54, 1.807) is 19.1 Å². The van der Waals surface area contributed by atoms with Crippen molar-refractivity contribution in [3.8, 4) is 16.9 Å². The van der Waals surface area contributed by atoms with Crippen molar-refractivity contribution in [3.05, 3.63) is 76.7 Å². The first-order valence-electron chi connectivity index (χ1n) is 9.66. The Hall–Kier alpha value is -3.45. The summed E-state index contributed by atoms with van der Waals surface area (Å²) in [5.41, 5.74) is 2.11. The lowest BCUT2D eigenvalue weighted by atomic mass is 10.1. The number of anilines is 1. The number of carbonyl (C=O) groups excluding carboxylic acids is 1. The van der Waals surface area contributed by atoms with Gasteiger partial charge in [0, 0.05) is 10.9 Å². The number of nitrogens with one attached hydrogen (secondary N) is 1. The number of benzene rings is 2. The fourth-order valence-electron chi connectivity index (χ4n) is 3.27. The van der Waals surface area contributed by atoms with E-state index < -0.39 is 6.04 Å². The van der Waals surface area contributed by atoms with Gasteiger partial charge in [-0.05, 0) is 31.5 Å². The number of ether oxygens (including phenoxy) is 1. The van der Waals surface area contributed by atoms with Gasteiger partial charge < -0.3 is 10.1 Å². The van der Waals surface area contributed by atoms with E-state index in [9.17, 15) is 9.59 Å². The van der Waals surface area contributed by atoms with Gasteiger partial charge in [-0.25, -0.2) is 4.98 Å². The van der Waals surface area contributed by atoms with E-state index in [0.717, 1.165) is 11.1 Å². The minimum absolute atomic E-state index is 0.235. The molecule has 0 aliphatic carbocycles. The summed E-state index contributed by atoms with van der Waals surface area (Å²) in [5.74, 6) is 0.271. The first-order valence-corrected chi connectivity index (χ1v) is 10.5. The molecule has 1 N–H and O–H groups in total. The highest BCUT2D eigenvalue weighted by Gasteiger charge is 2.21. The van der Waals surface area contributed by atoms with Crippen molar-refractivity contribution >= 4 is 33.1 Å². The second-order valence-corrected chi connectivity index (χ2v) is 7.61. The van der Waals surface area contributed by atoms with Crippen LogP contribution >= 0.6 is 11.3 Å². The van der Waals surface area contributed by atoms with Gasteiger partial charge in [0.05, 0.1) is 24.0 Å². The van der Waals surface area contributed by atoms with Crippen LogP contribution in [0.3, 0.4) is 0 Å². The van der Waals surface area contributed by atoms with Crippen LogP contribution in [0.15, 0.2) is 71.1 Å². The first-order chi connectivity index (χ1) is 14.6. The lowest BCUT2D eigenvalue weighted by Crippen LogP contribution is -2.31. The Kier molecular flexibility index (Phi) is 5.63. The number of rotatable bonds is 6. The summed E-state index contributed by atoms with van der Waals surface area (Å²) in [6.07, 6.45) is 1.44. The van der Waals surface area contributed by atoms with Gasteiger partial charge in [-0.1, -0.05) is 42.5 Å². The Balaban J connectivity index is 1.69. The maximum absolute atomic E-state index is 13.3. The normalized spacial score (nSPS) is 11.9. The molecule has 0 bridgehead atoms. The molecule has 1 unspecified atom stereocenters. The molecule has 4 aromatic rings. The SMILES string of the molecule is CCOc1ccccc1NC(=O)C(C)n1cnc2scc(-c3ccccc3)c2c1=O. The average molecular weight is 420 g/mol. The number of fused-ring (bicyclic) bond motifs is 1. The Morgan fingerprint density at radius 3 is 2.67 bits per heavy atom. The number of thiophene rings is 1. The molecule has 1 atom stereocenters. The van der Waals surface area contributed by atoms with E-state index >= 15 is 0 Å². The lowest BCUT2D eigenvalue weighted by Gasteiger charge is -2.17. The summed E-state index contributed by atoms with van der Waals surface area (Å²) in [5, 5.41) is 5.32. The van der Waals surface area contributed by atoms with Crippen LogP contribution < -0.4 is 15.6 Å². The zero-order valence-electron chi connectivity index (χ0n) is 16.7. The third kappa shape index (κ3) is 3.71. The molecule has 2 heterocycles. The first kappa shape index (κ1) is 19.8. The number of aromatic nitrogens is 2. The van der Waals surface area contributed by atoms with E-state index in [-0.39, 0.29) is 11.5 Å². The number of nitrogens with zero attached hydrogens (tertiary/aromatic N) is 2. The molecule has 6 nitrogen and oxygen atoms in total.